The van der Waals surface area contributed by atoms with Crippen LogP contribution in [0.15, 0.2) is 42.5 Å². The molecule has 3 nitrogen and oxygen atoms in total. The van der Waals surface area contributed by atoms with Gasteiger partial charge in [0, 0.05) is 24.3 Å². The van der Waals surface area contributed by atoms with Crippen molar-refractivity contribution in [1.82, 2.24) is 5.32 Å². The molecule has 2 aromatic rings. The number of fused-ring (bicyclic) bond motifs is 1. The van der Waals surface area contributed by atoms with Gasteiger partial charge in [-0.3, -0.25) is 4.79 Å². The molecule has 108 valence electrons. The molecule has 3 rings (SSSR count). The molecule has 0 saturated carbocycles. The van der Waals surface area contributed by atoms with Crippen molar-refractivity contribution < 1.29 is 4.79 Å². The maximum Gasteiger partial charge on any atom is 0.251 e. The number of carbonyl (C=O) groups is 1. The van der Waals surface area contributed by atoms with Gasteiger partial charge in [0.05, 0.1) is 0 Å². The van der Waals surface area contributed by atoms with Crippen LogP contribution < -0.4 is 10.6 Å². The van der Waals surface area contributed by atoms with Crippen molar-refractivity contribution in [3.63, 3.8) is 0 Å². The number of benzene rings is 2. The second kappa shape index (κ2) is 6.00. The standard InChI is InChI=1S/C18H20N2O/c1-13-5-2-7-15(11-13)18(21)20-12-16-8-3-6-14-9-4-10-19-17(14)16/h2-3,5-8,11,19H,4,9-10,12H2,1H3,(H,20,21). The van der Waals surface area contributed by atoms with Crippen molar-refractivity contribution in [2.45, 2.75) is 26.3 Å². The topological polar surface area (TPSA) is 41.1 Å². The van der Waals surface area contributed by atoms with Crippen molar-refractivity contribution in [2.75, 3.05) is 11.9 Å². The average Bonchev–Trinajstić information content (AvgIpc) is 2.52. The monoisotopic (exact) mass is 280 g/mol. The van der Waals surface area contributed by atoms with Gasteiger partial charge in [-0.05, 0) is 43.0 Å². The highest BCUT2D eigenvalue weighted by Gasteiger charge is 2.13. The van der Waals surface area contributed by atoms with Crippen molar-refractivity contribution in [2.24, 2.45) is 0 Å². The van der Waals surface area contributed by atoms with E-state index in [1.165, 1.54) is 17.7 Å². The van der Waals surface area contributed by atoms with Gasteiger partial charge in [0.15, 0.2) is 0 Å². The predicted octanol–water partition coefficient (Wildman–Crippen LogP) is 3.28. The summed E-state index contributed by atoms with van der Waals surface area (Å²) in [6.07, 6.45) is 2.29. The average molecular weight is 280 g/mol. The first-order valence-electron chi connectivity index (χ1n) is 7.43. The fourth-order valence-electron chi connectivity index (χ4n) is 2.79. The molecule has 0 bridgehead atoms. The normalized spacial score (nSPS) is 13.2. The van der Waals surface area contributed by atoms with E-state index < -0.39 is 0 Å². The summed E-state index contributed by atoms with van der Waals surface area (Å²) in [6.45, 7) is 3.56. The highest BCUT2D eigenvalue weighted by molar-refractivity contribution is 5.94. The van der Waals surface area contributed by atoms with Crippen molar-refractivity contribution >= 4 is 11.6 Å². The lowest BCUT2D eigenvalue weighted by Gasteiger charge is -2.21. The first-order valence-corrected chi connectivity index (χ1v) is 7.43. The van der Waals surface area contributed by atoms with Crippen LogP contribution in [-0.2, 0) is 13.0 Å². The van der Waals surface area contributed by atoms with Crippen LogP contribution in [0.3, 0.4) is 0 Å². The van der Waals surface area contributed by atoms with E-state index in [-0.39, 0.29) is 5.91 Å². The minimum Gasteiger partial charge on any atom is -0.385 e. The molecule has 0 fully saturated rings. The summed E-state index contributed by atoms with van der Waals surface area (Å²) in [5, 5.41) is 6.47. The zero-order chi connectivity index (χ0) is 14.7. The molecule has 2 N–H and O–H groups in total. The maximum absolute atomic E-state index is 12.2. The second-order valence-electron chi connectivity index (χ2n) is 5.53. The Kier molecular flexibility index (Phi) is 3.91. The van der Waals surface area contributed by atoms with E-state index in [0.29, 0.717) is 12.1 Å². The molecule has 0 unspecified atom stereocenters. The van der Waals surface area contributed by atoms with Crippen LogP contribution in [0.4, 0.5) is 5.69 Å². The van der Waals surface area contributed by atoms with Crippen molar-refractivity contribution in [3.8, 4) is 0 Å². The lowest BCUT2D eigenvalue weighted by Crippen LogP contribution is -2.24. The predicted molar refractivity (Wildman–Crippen MR) is 85.6 cm³/mol. The third-order valence-electron chi connectivity index (χ3n) is 3.88. The number of hydrogen-bond donors (Lipinski definition) is 2. The molecule has 1 amide bonds. The summed E-state index contributed by atoms with van der Waals surface area (Å²) in [7, 11) is 0. The van der Waals surface area contributed by atoms with E-state index in [1.54, 1.807) is 0 Å². The summed E-state index contributed by atoms with van der Waals surface area (Å²) < 4.78 is 0. The Morgan fingerprint density at radius 1 is 1.24 bits per heavy atom. The summed E-state index contributed by atoms with van der Waals surface area (Å²) in [5.74, 6) is -0.0212. The number of amides is 1. The Labute approximate surface area is 125 Å². The number of carbonyl (C=O) groups excluding carboxylic acids is 1. The summed E-state index contributed by atoms with van der Waals surface area (Å²) in [4.78, 5) is 12.2. The Bertz CT molecular complexity index is 664. The third-order valence-corrected chi connectivity index (χ3v) is 3.88. The Morgan fingerprint density at radius 2 is 2.10 bits per heavy atom. The zero-order valence-electron chi connectivity index (χ0n) is 12.3. The van der Waals surface area contributed by atoms with Crippen LogP contribution in [-0.4, -0.2) is 12.5 Å². The molecule has 0 saturated heterocycles. The van der Waals surface area contributed by atoms with E-state index in [9.17, 15) is 4.79 Å². The number of aryl methyl sites for hydroxylation is 2. The molecule has 1 aliphatic heterocycles. The molecule has 0 atom stereocenters. The lowest BCUT2D eigenvalue weighted by molar-refractivity contribution is 0.0951. The third kappa shape index (κ3) is 3.07. The van der Waals surface area contributed by atoms with Gasteiger partial charge in [0.2, 0.25) is 0 Å². The molecule has 2 aromatic carbocycles. The quantitative estimate of drug-likeness (QED) is 0.906. The van der Waals surface area contributed by atoms with Crippen LogP contribution in [0.2, 0.25) is 0 Å². The number of nitrogens with one attached hydrogen (secondary N) is 2. The van der Waals surface area contributed by atoms with Gasteiger partial charge in [-0.2, -0.15) is 0 Å². The second-order valence-corrected chi connectivity index (χ2v) is 5.53. The molecule has 0 radical (unpaired) electrons. The fraction of sp³-hybridized carbons (Fsp3) is 0.278. The van der Waals surface area contributed by atoms with Crippen LogP contribution in [0.5, 0.6) is 0 Å². The highest BCUT2D eigenvalue weighted by Crippen LogP contribution is 2.25. The molecule has 0 aliphatic carbocycles. The minimum absolute atomic E-state index is 0.0212. The van der Waals surface area contributed by atoms with Crippen LogP contribution in [0, 0.1) is 6.92 Å². The molecule has 1 aliphatic rings. The summed E-state index contributed by atoms with van der Waals surface area (Å²) in [6, 6.07) is 14.0. The largest absolute Gasteiger partial charge is 0.385 e. The van der Waals surface area contributed by atoms with Crippen LogP contribution >= 0.6 is 0 Å². The summed E-state index contributed by atoms with van der Waals surface area (Å²) in [5.41, 5.74) is 5.53. The van der Waals surface area contributed by atoms with E-state index in [4.69, 9.17) is 0 Å². The van der Waals surface area contributed by atoms with E-state index in [0.717, 1.165) is 24.1 Å². The lowest BCUT2D eigenvalue weighted by atomic mass is 9.99. The molecule has 3 heteroatoms. The molecule has 0 spiro atoms. The first-order chi connectivity index (χ1) is 10.2. The van der Waals surface area contributed by atoms with Gasteiger partial charge in [0.25, 0.3) is 5.91 Å². The SMILES string of the molecule is Cc1cccc(C(=O)NCc2cccc3c2NCCC3)c1. The number of para-hydroxylation sites is 1. The molecular formula is C18H20N2O. The van der Waals surface area contributed by atoms with E-state index in [1.807, 2.05) is 31.2 Å². The Morgan fingerprint density at radius 3 is 2.95 bits per heavy atom. The van der Waals surface area contributed by atoms with Gasteiger partial charge < -0.3 is 10.6 Å². The summed E-state index contributed by atoms with van der Waals surface area (Å²) >= 11 is 0. The number of anilines is 1. The highest BCUT2D eigenvalue weighted by atomic mass is 16.1. The van der Waals surface area contributed by atoms with Gasteiger partial charge in [-0.25, -0.2) is 0 Å². The minimum atomic E-state index is -0.0212. The van der Waals surface area contributed by atoms with Gasteiger partial charge in [-0.15, -0.1) is 0 Å². The van der Waals surface area contributed by atoms with Crippen LogP contribution in [0.25, 0.3) is 0 Å². The number of rotatable bonds is 3. The maximum atomic E-state index is 12.2. The van der Waals surface area contributed by atoms with Crippen molar-refractivity contribution in [3.05, 3.63) is 64.7 Å². The number of hydrogen-bond acceptors (Lipinski definition) is 2. The molecular weight excluding hydrogens is 260 g/mol. The zero-order valence-corrected chi connectivity index (χ0v) is 12.3. The molecule has 0 aromatic heterocycles. The van der Waals surface area contributed by atoms with Crippen LogP contribution in [0.1, 0.15) is 33.5 Å². The molecule has 21 heavy (non-hydrogen) atoms. The Hall–Kier alpha value is -2.29. The van der Waals surface area contributed by atoms with Crippen molar-refractivity contribution in [1.29, 1.82) is 0 Å². The smallest absolute Gasteiger partial charge is 0.251 e. The first kappa shape index (κ1) is 13.7. The van der Waals surface area contributed by atoms with E-state index in [2.05, 4.69) is 28.8 Å². The van der Waals surface area contributed by atoms with Gasteiger partial charge >= 0.3 is 0 Å². The van der Waals surface area contributed by atoms with E-state index >= 15 is 0 Å². The fourth-order valence-corrected chi connectivity index (χ4v) is 2.79. The molecule has 1 heterocycles. The Balaban J connectivity index is 1.72. The van der Waals surface area contributed by atoms with Gasteiger partial charge in [0.1, 0.15) is 0 Å². The van der Waals surface area contributed by atoms with Gasteiger partial charge in [-0.1, -0.05) is 35.9 Å².